The van der Waals surface area contributed by atoms with Gasteiger partial charge >= 0.3 is 0 Å². The van der Waals surface area contributed by atoms with Gasteiger partial charge in [0.15, 0.2) is 0 Å². The maximum absolute atomic E-state index is 9.20. The second kappa shape index (κ2) is 5.11. The molecule has 84 valence electrons. The smallest absolute Gasteiger partial charge is 0.121 e. The molecule has 1 unspecified atom stereocenters. The van der Waals surface area contributed by atoms with Gasteiger partial charge in [0.1, 0.15) is 6.04 Å². The van der Waals surface area contributed by atoms with E-state index in [9.17, 15) is 5.26 Å². The molecule has 16 heavy (non-hydrogen) atoms. The summed E-state index contributed by atoms with van der Waals surface area (Å²) < 4.78 is 5.15. The zero-order valence-electron chi connectivity index (χ0n) is 9.44. The van der Waals surface area contributed by atoms with Crippen molar-refractivity contribution in [3.8, 4) is 6.07 Å². The molecule has 1 saturated carbocycles. The Bertz CT molecular complexity index is 393. The SMILES string of the molecule is COCc1ccccc1C(C#N)NC1CC1. The fraction of sp³-hybridized carbons (Fsp3) is 0.462. The van der Waals surface area contributed by atoms with Crippen molar-refractivity contribution in [1.82, 2.24) is 5.32 Å². The highest BCUT2D eigenvalue weighted by atomic mass is 16.5. The van der Waals surface area contributed by atoms with Crippen molar-refractivity contribution in [3.63, 3.8) is 0 Å². The Labute approximate surface area is 96.0 Å². The van der Waals surface area contributed by atoms with Crippen LogP contribution in [0.2, 0.25) is 0 Å². The van der Waals surface area contributed by atoms with Crippen LogP contribution in [0.3, 0.4) is 0 Å². The molecule has 2 rings (SSSR count). The highest BCUT2D eigenvalue weighted by Gasteiger charge is 2.26. The van der Waals surface area contributed by atoms with Crippen molar-refractivity contribution in [2.45, 2.75) is 31.5 Å². The van der Waals surface area contributed by atoms with Gasteiger partial charge in [0.2, 0.25) is 0 Å². The van der Waals surface area contributed by atoms with Crippen molar-refractivity contribution in [1.29, 1.82) is 5.26 Å². The third-order valence-corrected chi connectivity index (χ3v) is 2.77. The van der Waals surface area contributed by atoms with Crippen LogP contribution in [0.5, 0.6) is 0 Å². The summed E-state index contributed by atoms with van der Waals surface area (Å²) in [7, 11) is 1.67. The van der Waals surface area contributed by atoms with E-state index in [2.05, 4.69) is 11.4 Å². The number of nitriles is 1. The van der Waals surface area contributed by atoms with E-state index in [1.54, 1.807) is 7.11 Å². The number of methoxy groups -OCH3 is 1. The molecule has 0 bridgehead atoms. The van der Waals surface area contributed by atoms with Gasteiger partial charge in [-0.25, -0.2) is 0 Å². The molecule has 0 radical (unpaired) electrons. The van der Waals surface area contributed by atoms with E-state index in [1.807, 2.05) is 24.3 Å². The number of benzene rings is 1. The molecule has 0 aromatic heterocycles. The Morgan fingerprint density at radius 3 is 2.88 bits per heavy atom. The summed E-state index contributed by atoms with van der Waals surface area (Å²) in [6.07, 6.45) is 2.37. The van der Waals surface area contributed by atoms with Crippen molar-refractivity contribution in [3.05, 3.63) is 35.4 Å². The first-order valence-electron chi connectivity index (χ1n) is 5.57. The third kappa shape index (κ3) is 2.60. The summed E-state index contributed by atoms with van der Waals surface area (Å²) >= 11 is 0. The minimum absolute atomic E-state index is 0.209. The maximum atomic E-state index is 9.20. The van der Waals surface area contributed by atoms with Crippen LogP contribution in [0.15, 0.2) is 24.3 Å². The predicted molar refractivity (Wildman–Crippen MR) is 61.7 cm³/mol. The summed E-state index contributed by atoms with van der Waals surface area (Å²) in [5, 5.41) is 12.5. The van der Waals surface area contributed by atoms with Crippen LogP contribution in [0.1, 0.15) is 30.0 Å². The molecule has 0 heterocycles. The molecule has 1 aliphatic rings. The molecular weight excluding hydrogens is 200 g/mol. The van der Waals surface area contributed by atoms with Crippen LogP contribution in [0.4, 0.5) is 0 Å². The van der Waals surface area contributed by atoms with Gasteiger partial charge in [-0.3, -0.25) is 5.32 Å². The van der Waals surface area contributed by atoms with E-state index in [0.29, 0.717) is 12.6 Å². The molecule has 1 aliphatic carbocycles. The van der Waals surface area contributed by atoms with Gasteiger partial charge in [0.05, 0.1) is 12.7 Å². The Morgan fingerprint density at radius 2 is 2.25 bits per heavy atom. The van der Waals surface area contributed by atoms with E-state index >= 15 is 0 Å². The van der Waals surface area contributed by atoms with Crippen molar-refractivity contribution in [2.24, 2.45) is 0 Å². The number of nitrogens with one attached hydrogen (secondary N) is 1. The van der Waals surface area contributed by atoms with Crippen LogP contribution in [0.25, 0.3) is 0 Å². The second-order valence-electron chi connectivity index (χ2n) is 4.13. The van der Waals surface area contributed by atoms with Gasteiger partial charge in [-0.05, 0) is 24.0 Å². The van der Waals surface area contributed by atoms with Crippen molar-refractivity contribution < 1.29 is 4.74 Å². The predicted octanol–water partition coefficient (Wildman–Crippen LogP) is 2.15. The third-order valence-electron chi connectivity index (χ3n) is 2.77. The molecule has 1 aromatic carbocycles. The summed E-state index contributed by atoms with van der Waals surface area (Å²) in [6.45, 7) is 0.556. The highest BCUT2D eigenvalue weighted by Crippen LogP contribution is 2.25. The van der Waals surface area contributed by atoms with Gasteiger partial charge in [-0.15, -0.1) is 0 Å². The molecule has 0 spiro atoms. The maximum Gasteiger partial charge on any atom is 0.121 e. The van der Waals surface area contributed by atoms with Gasteiger partial charge in [-0.2, -0.15) is 5.26 Å². The quantitative estimate of drug-likeness (QED) is 0.820. The summed E-state index contributed by atoms with van der Waals surface area (Å²) in [5.41, 5.74) is 2.13. The lowest BCUT2D eigenvalue weighted by molar-refractivity contribution is 0.184. The molecule has 1 atom stereocenters. The minimum Gasteiger partial charge on any atom is -0.380 e. The molecule has 3 heteroatoms. The normalized spacial score (nSPS) is 16.8. The Kier molecular flexibility index (Phi) is 3.55. The molecule has 0 amide bonds. The van der Waals surface area contributed by atoms with Crippen LogP contribution >= 0.6 is 0 Å². The van der Waals surface area contributed by atoms with Gasteiger partial charge in [-0.1, -0.05) is 24.3 Å². The fourth-order valence-corrected chi connectivity index (χ4v) is 1.79. The minimum atomic E-state index is -0.209. The first-order chi connectivity index (χ1) is 7.85. The highest BCUT2D eigenvalue weighted by molar-refractivity contribution is 5.33. The van der Waals surface area contributed by atoms with E-state index in [-0.39, 0.29) is 6.04 Å². The Balaban J connectivity index is 2.18. The van der Waals surface area contributed by atoms with E-state index in [0.717, 1.165) is 11.1 Å². The molecule has 1 N–H and O–H groups in total. The standard InChI is InChI=1S/C13H16N2O/c1-16-9-10-4-2-3-5-12(10)13(8-14)15-11-6-7-11/h2-5,11,13,15H,6-7,9H2,1H3. The average molecular weight is 216 g/mol. The molecule has 0 aliphatic heterocycles. The average Bonchev–Trinajstić information content (AvgIpc) is 3.11. The summed E-state index contributed by atoms with van der Waals surface area (Å²) in [5.74, 6) is 0. The molecule has 0 saturated heterocycles. The lowest BCUT2D eigenvalue weighted by Gasteiger charge is -2.15. The fourth-order valence-electron chi connectivity index (χ4n) is 1.79. The van der Waals surface area contributed by atoms with E-state index < -0.39 is 0 Å². The summed E-state index contributed by atoms with van der Waals surface area (Å²) in [6, 6.07) is 10.6. The van der Waals surface area contributed by atoms with Gasteiger partial charge in [0.25, 0.3) is 0 Å². The first-order valence-corrected chi connectivity index (χ1v) is 5.57. The largest absolute Gasteiger partial charge is 0.380 e. The Morgan fingerprint density at radius 1 is 1.50 bits per heavy atom. The molecule has 1 fully saturated rings. The Hall–Kier alpha value is -1.37. The van der Waals surface area contributed by atoms with E-state index in [1.165, 1.54) is 12.8 Å². The van der Waals surface area contributed by atoms with Crippen LogP contribution < -0.4 is 5.32 Å². The van der Waals surface area contributed by atoms with Gasteiger partial charge in [0, 0.05) is 13.2 Å². The number of nitrogens with zero attached hydrogens (tertiary/aromatic N) is 1. The molecule has 1 aromatic rings. The van der Waals surface area contributed by atoms with Gasteiger partial charge < -0.3 is 4.74 Å². The van der Waals surface area contributed by atoms with Crippen molar-refractivity contribution >= 4 is 0 Å². The number of hydrogen-bond acceptors (Lipinski definition) is 3. The number of hydrogen-bond donors (Lipinski definition) is 1. The number of rotatable bonds is 5. The molecule has 3 nitrogen and oxygen atoms in total. The van der Waals surface area contributed by atoms with Crippen LogP contribution in [0, 0.1) is 11.3 Å². The zero-order chi connectivity index (χ0) is 11.4. The van der Waals surface area contributed by atoms with E-state index in [4.69, 9.17) is 4.74 Å². The first kappa shape index (κ1) is 11.1. The second-order valence-corrected chi connectivity index (χ2v) is 4.13. The van der Waals surface area contributed by atoms with Crippen molar-refractivity contribution in [2.75, 3.05) is 7.11 Å². The lowest BCUT2D eigenvalue weighted by Crippen LogP contribution is -2.23. The monoisotopic (exact) mass is 216 g/mol. The topological polar surface area (TPSA) is 45.0 Å². The van der Waals surface area contributed by atoms with Crippen LogP contribution in [-0.2, 0) is 11.3 Å². The zero-order valence-corrected chi connectivity index (χ0v) is 9.44. The van der Waals surface area contributed by atoms with Crippen LogP contribution in [-0.4, -0.2) is 13.2 Å². The number of ether oxygens (including phenoxy) is 1. The lowest BCUT2D eigenvalue weighted by atomic mass is 10.0. The molecular formula is C13H16N2O. The summed E-state index contributed by atoms with van der Waals surface area (Å²) in [4.78, 5) is 0.